The Morgan fingerprint density at radius 3 is 2.57 bits per heavy atom. The zero-order valence-electron chi connectivity index (χ0n) is 12.5. The fourth-order valence-electron chi connectivity index (χ4n) is 2.31. The van der Waals surface area contributed by atoms with Gasteiger partial charge in [-0.1, -0.05) is 13.0 Å². The molecule has 21 heavy (non-hydrogen) atoms. The second-order valence-electron chi connectivity index (χ2n) is 4.64. The van der Waals surface area contributed by atoms with Crippen molar-refractivity contribution in [2.75, 3.05) is 20.8 Å². The summed E-state index contributed by atoms with van der Waals surface area (Å²) >= 11 is 1.65. The number of ether oxygens (including phenoxy) is 2. The van der Waals surface area contributed by atoms with Crippen LogP contribution in [0.3, 0.4) is 0 Å². The molecule has 0 aliphatic heterocycles. The van der Waals surface area contributed by atoms with Crippen LogP contribution < -0.4 is 14.8 Å². The van der Waals surface area contributed by atoms with E-state index in [4.69, 9.17) is 9.47 Å². The van der Waals surface area contributed by atoms with Crippen molar-refractivity contribution in [2.45, 2.75) is 19.4 Å². The van der Waals surface area contributed by atoms with E-state index in [1.165, 1.54) is 13.2 Å². The number of methoxy groups -OCH3 is 2. The first-order valence-electron chi connectivity index (χ1n) is 6.86. The van der Waals surface area contributed by atoms with E-state index in [-0.39, 0.29) is 17.6 Å². The van der Waals surface area contributed by atoms with Gasteiger partial charge in [0.05, 0.1) is 19.1 Å². The van der Waals surface area contributed by atoms with Crippen molar-refractivity contribution in [1.29, 1.82) is 0 Å². The van der Waals surface area contributed by atoms with Crippen molar-refractivity contribution >= 4 is 11.3 Å². The first kappa shape index (κ1) is 15.8. The second-order valence-corrected chi connectivity index (χ2v) is 5.58. The Bertz CT molecular complexity index is 585. The van der Waals surface area contributed by atoms with Crippen LogP contribution in [0.25, 0.3) is 0 Å². The lowest BCUT2D eigenvalue weighted by molar-refractivity contribution is 0.385. The minimum Gasteiger partial charge on any atom is -0.496 e. The van der Waals surface area contributed by atoms with Crippen LogP contribution in [-0.4, -0.2) is 20.8 Å². The van der Waals surface area contributed by atoms with Crippen molar-refractivity contribution in [3.63, 3.8) is 0 Å². The Morgan fingerprint density at radius 2 is 1.95 bits per heavy atom. The fourth-order valence-corrected chi connectivity index (χ4v) is 3.25. The van der Waals surface area contributed by atoms with Crippen molar-refractivity contribution in [3.8, 4) is 11.5 Å². The molecule has 0 radical (unpaired) electrons. The summed E-state index contributed by atoms with van der Waals surface area (Å²) in [6.07, 6.45) is 0.700. The number of nitrogens with one attached hydrogen (secondary N) is 1. The summed E-state index contributed by atoms with van der Waals surface area (Å²) in [6.45, 7) is 2.89. The number of hydrogen-bond acceptors (Lipinski definition) is 4. The SMILES string of the molecule is CCNC(Cc1ccc(OC)c(F)c1)c1sccc1OC. The lowest BCUT2D eigenvalue weighted by Gasteiger charge is -2.18. The molecule has 2 aromatic rings. The minimum atomic E-state index is -0.330. The highest BCUT2D eigenvalue weighted by atomic mass is 32.1. The molecular weight excluding hydrogens is 289 g/mol. The number of thiophene rings is 1. The summed E-state index contributed by atoms with van der Waals surface area (Å²) in [6, 6.07) is 7.16. The second kappa shape index (κ2) is 7.43. The van der Waals surface area contributed by atoms with E-state index in [9.17, 15) is 4.39 Å². The van der Waals surface area contributed by atoms with E-state index in [0.29, 0.717) is 6.42 Å². The first-order chi connectivity index (χ1) is 10.2. The van der Waals surface area contributed by atoms with Crippen LogP contribution in [0.2, 0.25) is 0 Å². The summed E-state index contributed by atoms with van der Waals surface area (Å²) in [5.74, 6) is 0.816. The highest BCUT2D eigenvalue weighted by molar-refractivity contribution is 7.10. The van der Waals surface area contributed by atoms with Crippen molar-refractivity contribution < 1.29 is 13.9 Å². The predicted molar refractivity (Wildman–Crippen MR) is 83.9 cm³/mol. The van der Waals surface area contributed by atoms with Gasteiger partial charge in [0.2, 0.25) is 0 Å². The normalized spacial score (nSPS) is 12.2. The molecule has 3 nitrogen and oxygen atoms in total. The molecule has 0 amide bonds. The average molecular weight is 309 g/mol. The molecule has 0 aliphatic rings. The largest absolute Gasteiger partial charge is 0.496 e. The molecule has 0 spiro atoms. The number of halogens is 1. The number of hydrogen-bond donors (Lipinski definition) is 1. The number of likely N-dealkylation sites (N-methyl/N-ethyl adjacent to an activating group) is 1. The lowest BCUT2D eigenvalue weighted by atomic mass is 10.0. The van der Waals surface area contributed by atoms with Crippen LogP contribution in [-0.2, 0) is 6.42 Å². The smallest absolute Gasteiger partial charge is 0.165 e. The fraction of sp³-hybridized carbons (Fsp3) is 0.375. The van der Waals surface area contributed by atoms with Gasteiger partial charge in [-0.3, -0.25) is 0 Å². The van der Waals surface area contributed by atoms with Crippen molar-refractivity contribution in [2.24, 2.45) is 0 Å². The van der Waals surface area contributed by atoms with Gasteiger partial charge in [0.1, 0.15) is 5.75 Å². The van der Waals surface area contributed by atoms with Gasteiger partial charge >= 0.3 is 0 Å². The van der Waals surface area contributed by atoms with Gasteiger partial charge in [-0.2, -0.15) is 0 Å². The first-order valence-corrected chi connectivity index (χ1v) is 7.74. The average Bonchev–Trinajstić information content (AvgIpc) is 2.95. The van der Waals surface area contributed by atoms with E-state index < -0.39 is 0 Å². The Kier molecular flexibility index (Phi) is 5.59. The highest BCUT2D eigenvalue weighted by Crippen LogP contribution is 2.33. The van der Waals surface area contributed by atoms with E-state index >= 15 is 0 Å². The molecule has 1 N–H and O–H groups in total. The van der Waals surface area contributed by atoms with Gasteiger partial charge in [-0.15, -0.1) is 11.3 Å². The van der Waals surface area contributed by atoms with Crippen LogP contribution in [0.4, 0.5) is 4.39 Å². The van der Waals surface area contributed by atoms with Crippen LogP contribution in [0.1, 0.15) is 23.4 Å². The topological polar surface area (TPSA) is 30.5 Å². The number of benzene rings is 1. The summed E-state index contributed by atoms with van der Waals surface area (Å²) in [7, 11) is 3.14. The standard InChI is InChI=1S/C16H20FNO2S/c1-4-18-13(16-15(20-3)7-8-21-16)10-11-5-6-14(19-2)12(17)9-11/h5-9,13,18H,4,10H2,1-3H3. The zero-order chi connectivity index (χ0) is 15.2. The molecule has 1 aromatic heterocycles. The van der Waals surface area contributed by atoms with Crippen LogP contribution >= 0.6 is 11.3 Å². The molecule has 0 saturated carbocycles. The van der Waals surface area contributed by atoms with E-state index in [0.717, 1.165) is 22.7 Å². The molecule has 5 heteroatoms. The van der Waals surface area contributed by atoms with Gasteiger partial charge in [-0.05, 0) is 42.1 Å². The Morgan fingerprint density at radius 1 is 1.19 bits per heavy atom. The van der Waals surface area contributed by atoms with Crippen molar-refractivity contribution in [1.82, 2.24) is 5.32 Å². The Balaban J connectivity index is 2.22. The molecule has 1 atom stereocenters. The van der Waals surface area contributed by atoms with Gasteiger partial charge in [0.15, 0.2) is 11.6 Å². The molecular formula is C16H20FNO2S. The molecule has 0 aliphatic carbocycles. The highest BCUT2D eigenvalue weighted by Gasteiger charge is 2.18. The van der Waals surface area contributed by atoms with Crippen LogP contribution in [0, 0.1) is 5.82 Å². The minimum absolute atomic E-state index is 0.109. The maximum Gasteiger partial charge on any atom is 0.165 e. The third-order valence-corrected chi connectivity index (χ3v) is 4.31. The predicted octanol–water partition coefficient (Wildman–Crippen LogP) is 3.80. The molecule has 114 valence electrons. The zero-order valence-corrected chi connectivity index (χ0v) is 13.3. The maximum absolute atomic E-state index is 13.8. The van der Waals surface area contributed by atoms with Gasteiger partial charge in [-0.25, -0.2) is 4.39 Å². The van der Waals surface area contributed by atoms with Gasteiger partial charge in [0.25, 0.3) is 0 Å². The molecule has 0 fully saturated rings. The molecule has 1 unspecified atom stereocenters. The Labute approximate surface area is 128 Å². The van der Waals surface area contributed by atoms with Gasteiger partial charge < -0.3 is 14.8 Å². The maximum atomic E-state index is 13.8. The monoisotopic (exact) mass is 309 g/mol. The lowest BCUT2D eigenvalue weighted by Crippen LogP contribution is -2.22. The molecule has 2 rings (SSSR count). The van der Waals surface area contributed by atoms with Crippen LogP contribution in [0.15, 0.2) is 29.6 Å². The molecule has 1 aromatic carbocycles. The van der Waals surface area contributed by atoms with E-state index in [1.807, 2.05) is 17.5 Å². The molecule has 0 bridgehead atoms. The van der Waals surface area contributed by atoms with Crippen molar-refractivity contribution in [3.05, 3.63) is 45.9 Å². The summed E-state index contributed by atoms with van der Waals surface area (Å²) < 4.78 is 24.1. The summed E-state index contributed by atoms with van der Waals surface area (Å²) in [5.41, 5.74) is 0.926. The number of rotatable bonds is 7. The molecule has 0 saturated heterocycles. The van der Waals surface area contributed by atoms with Gasteiger partial charge in [0, 0.05) is 6.04 Å². The van der Waals surface area contributed by atoms with E-state index in [1.54, 1.807) is 24.5 Å². The van der Waals surface area contributed by atoms with E-state index in [2.05, 4.69) is 12.2 Å². The summed E-state index contributed by atoms with van der Waals surface area (Å²) in [5, 5.41) is 5.44. The molecule has 1 heterocycles. The third-order valence-electron chi connectivity index (χ3n) is 3.30. The Hall–Kier alpha value is -1.59. The quantitative estimate of drug-likeness (QED) is 0.844. The summed E-state index contributed by atoms with van der Waals surface area (Å²) in [4.78, 5) is 1.13. The third kappa shape index (κ3) is 3.74. The van der Waals surface area contributed by atoms with Crippen LogP contribution in [0.5, 0.6) is 11.5 Å².